The van der Waals surface area contributed by atoms with E-state index in [1.807, 2.05) is 6.20 Å². The zero-order valence-corrected chi connectivity index (χ0v) is 9.42. The summed E-state index contributed by atoms with van der Waals surface area (Å²) < 4.78 is 3.28. The molecular formula is C9H14BrN3. The number of aromatic nitrogens is 2. The molecule has 0 spiro atoms. The van der Waals surface area contributed by atoms with Crippen LogP contribution in [0.3, 0.4) is 0 Å². The van der Waals surface area contributed by atoms with Crippen LogP contribution in [0.4, 0.5) is 5.95 Å². The highest BCUT2D eigenvalue weighted by atomic mass is 79.9. The van der Waals surface area contributed by atoms with E-state index in [0.29, 0.717) is 0 Å². The molecule has 0 saturated carbocycles. The molecule has 2 rings (SSSR count). The molecule has 4 heteroatoms. The summed E-state index contributed by atoms with van der Waals surface area (Å²) >= 11 is 3.50. The Hall–Kier alpha value is -0.510. The van der Waals surface area contributed by atoms with E-state index in [0.717, 1.165) is 30.2 Å². The molecule has 0 N–H and O–H groups in total. The molecule has 1 aliphatic rings. The van der Waals surface area contributed by atoms with E-state index in [2.05, 4.69) is 37.3 Å². The van der Waals surface area contributed by atoms with Gasteiger partial charge in [-0.05, 0) is 35.7 Å². The number of hydrogen-bond donors (Lipinski definition) is 0. The summed E-state index contributed by atoms with van der Waals surface area (Å²) in [6.45, 7) is 5.44. The molecule has 2 heterocycles. The minimum absolute atomic E-state index is 0.979. The number of nitrogens with zero attached hydrogens (tertiary/aromatic N) is 3. The van der Waals surface area contributed by atoms with Crippen molar-refractivity contribution < 1.29 is 0 Å². The summed E-state index contributed by atoms with van der Waals surface area (Å²) in [5, 5.41) is 0. The summed E-state index contributed by atoms with van der Waals surface area (Å²) in [5.41, 5.74) is 0. The van der Waals surface area contributed by atoms with Crippen molar-refractivity contribution in [3.8, 4) is 0 Å². The summed E-state index contributed by atoms with van der Waals surface area (Å²) in [6, 6.07) is 0. The van der Waals surface area contributed by atoms with Gasteiger partial charge in [0.25, 0.3) is 0 Å². The van der Waals surface area contributed by atoms with Gasteiger partial charge in [0.1, 0.15) is 4.60 Å². The normalized spacial score (nSPS) is 16.9. The average molecular weight is 244 g/mol. The largest absolute Gasteiger partial charge is 0.342 e. The van der Waals surface area contributed by atoms with Gasteiger partial charge in [-0.15, -0.1) is 0 Å². The van der Waals surface area contributed by atoms with Crippen molar-refractivity contribution in [3.05, 3.63) is 10.8 Å². The Kier molecular flexibility index (Phi) is 2.58. The Morgan fingerprint density at radius 2 is 2.15 bits per heavy atom. The first-order chi connectivity index (χ1) is 6.33. The van der Waals surface area contributed by atoms with Crippen LogP contribution in [0, 0.1) is 0 Å². The zero-order valence-electron chi connectivity index (χ0n) is 7.83. The van der Waals surface area contributed by atoms with Crippen molar-refractivity contribution >= 4 is 21.9 Å². The fourth-order valence-corrected chi connectivity index (χ4v) is 2.32. The molecule has 0 bridgehead atoms. The van der Waals surface area contributed by atoms with Crippen molar-refractivity contribution in [3.63, 3.8) is 0 Å². The van der Waals surface area contributed by atoms with Gasteiger partial charge in [-0.3, -0.25) is 0 Å². The van der Waals surface area contributed by atoms with E-state index in [1.54, 1.807) is 0 Å². The highest BCUT2D eigenvalue weighted by Crippen LogP contribution is 2.22. The van der Waals surface area contributed by atoms with Crippen LogP contribution < -0.4 is 4.90 Å². The van der Waals surface area contributed by atoms with Gasteiger partial charge in [-0.1, -0.05) is 0 Å². The van der Waals surface area contributed by atoms with Gasteiger partial charge >= 0.3 is 0 Å². The molecule has 72 valence electrons. The van der Waals surface area contributed by atoms with Gasteiger partial charge < -0.3 is 9.47 Å². The monoisotopic (exact) mass is 243 g/mol. The highest BCUT2D eigenvalue weighted by Gasteiger charge is 2.17. The Morgan fingerprint density at radius 1 is 1.46 bits per heavy atom. The molecule has 0 radical (unpaired) electrons. The predicted molar refractivity (Wildman–Crippen MR) is 57.0 cm³/mol. The maximum Gasteiger partial charge on any atom is 0.206 e. The van der Waals surface area contributed by atoms with Crippen molar-refractivity contribution in [2.75, 3.05) is 18.0 Å². The van der Waals surface area contributed by atoms with Crippen LogP contribution >= 0.6 is 15.9 Å². The molecule has 13 heavy (non-hydrogen) atoms. The number of imidazole rings is 1. The first-order valence-electron chi connectivity index (χ1n) is 4.79. The molecule has 0 amide bonds. The Balaban J connectivity index is 2.27. The first-order valence-corrected chi connectivity index (χ1v) is 5.58. The molecular weight excluding hydrogens is 230 g/mol. The van der Waals surface area contributed by atoms with Crippen molar-refractivity contribution in [2.45, 2.75) is 26.3 Å². The smallest absolute Gasteiger partial charge is 0.206 e. The lowest BCUT2D eigenvalue weighted by Crippen LogP contribution is -2.22. The Bertz CT molecular complexity index is 289. The average Bonchev–Trinajstić information content (AvgIpc) is 2.71. The molecule has 1 fully saturated rings. The summed E-state index contributed by atoms with van der Waals surface area (Å²) in [6.07, 6.45) is 4.49. The fourth-order valence-electron chi connectivity index (χ4n) is 1.81. The minimum atomic E-state index is 0.979. The maximum atomic E-state index is 4.41. The number of anilines is 1. The van der Waals surface area contributed by atoms with E-state index in [-0.39, 0.29) is 0 Å². The van der Waals surface area contributed by atoms with Crippen LogP contribution in [0.2, 0.25) is 0 Å². The summed E-state index contributed by atoms with van der Waals surface area (Å²) in [7, 11) is 0. The molecule has 3 nitrogen and oxygen atoms in total. The van der Waals surface area contributed by atoms with Crippen LogP contribution in [0.5, 0.6) is 0 Å². The third-order valence-corrected chi connectivity index (χ3v) is 3.12. The molecule has 1 saturated heterocycles. The molecule has 1 aromatic rings. The van der Waals surface area contributed by atoms with Crippen LogP contribution in [-0.2, 0) is 6.54 Å². The molecule has 1 aromatic heterocycles. The minimum Gasteiger partial charge on any atom is -0.342 e. The van der Waals surface area contributed by atoms with Gasteiger partial charge in [0.2, 0.25) is 5.95 Å². The number of halogens is 1. The number of hydrogen-bond acceptors (Lipinski definition) is 2. The fraction of sp³-hybridized carbons (Fsp3) is 0.667. The lowest BCUT2D eigenvalue weighted by atomic mass is 10.4. The van der Waals surface area contributed by atoms with Crippen LogP contribution in [0.1, 0.15) is 19.8 Å². The standard InChI is InChI=1S/C9H14BrN3/c1-2-13-8(10)7-11-9(13)12-5-3-4-6-12/h7H,2-6H2,1H3. The topological polar surface area (TPSA) is 21.1 Å². The second kappa shape index (κ2) is 3.70. The second-order valence-corrected chi connectivity index (χ2v) is 4.13. The van der Waals surface area contributed by atoms with Crippen LogP contribution in [0.25, 0.3) is 0 Å². The molecule has 0 aliphatic carbocycles. The van der Waals surface area contributed by atoms with Crippen molar-refractivity contribution in [2.24, 2.45) is 0 Å². The summed E-state index contributed by atoms with van der Waals surface area (Å²) in [4.78, 5) is 6.77. The quantitative estimate of drug-likeness (QED) is 0.795. The molecule has 1 aliphatic heterocycles. The maximum absolute atomic E-state index is 4.41. The predicted octanol–water partition coefficient (Wildman–Crippen LogP) is 2.27. The SMILES string of the molecule is CCn1c(Br)cnc1N1CCCC1. The third-order valence-electron chi connectivity index (χ3n) is 2.49. The van der Waals surface area contributed by atoms with Crippen LogP contribution in [0.15, 0.2) is 10.8 Å². The van der Waals surface area contributed by atoms with Gasteiger partial charge in [-0.2, -0.15) is 0 Å². The highest BCUT2D eigenvalue weighted by molar-refractivity contribution is 9.10. The van der Waals surface area contributed by atoms with E-state index < -0.39 is 0 Å². The molecule has 0 aromatic carbocycles. The second-order valence-electron chi connectivity index (χ2n) is 3.32. The van der Waals surface area contributed by atoms with E-state index in [9.17, 15) is 0 Å². The lowest BCUT2D eigenvalue weighted by molar-refractivity contribution is 0.718. The van der Waals surface area contributed by atoms with E-state index >= 15 is 0 Å². The van der Waals surface area contributed by atoms with E-state index in [1.165, 1.54) is 12.8 Å². The first kappa shape index (κ1) is 9.06. The zero-order chi connectivity index (χ0) is 9.26. The Labute approximate surface area is 86.9 Å². The van der Waals surface area contributed by atoms with Crippen molar-refractivity contribution in [1.29, 1.82) is 0 Å². The molecule has 0 unspecified atom stereocenters. The van der Waals surface area contributed by atoms with Gasteiger partial charge in [0, 0.05) is 19.6 Å². The van der Waals surface area contributed by atoms with Gasteiger partial charge in [0.15, 0.2) is 0 Å². The van der Waals surface area contributed by atoms with Crippen LogP contribution in [-0.4, -0.2) is 22.6 Å². The Morgan fingerprint density at radius 3 is 2.77 bits per heavy atom. The third kappa shape index (κ3) is 1.59. The molecule has 0 atom stereocenters. The lowest BCUT2D eigenvalue weighted by Gasteiger charge is -2.17. The number of rotatable bonds is 2. The van der Waals surface area contributed by atoms with Gasteiger partial charge in [-0.25, -0.2) is 4.98 Å². The van der Waals surface area contributed by atoms with Gasteiger partial charge in [0.05, 0.1) is 6.20 Å². The van der Waals surface area contributed by atoms with Crippen molar-refractivity contribution in [1.82, 2.24) is 9.55 Å². The summed E-state index contributed by atoms with van der Waals surface area (Å²) in [5.74, 6) is 1.12. The van der Waals surface area contributed by atoms with E-state index in [4.69, 9.17) is 0 Å².